The van der Waals surface area contributed by atoms with Crippen molar-refractivity contribution in [1.82, 2.24) is 0 Å². The van der Waals surface area contributed by atoms with Crippen molar-refractivity contribution in [3.8, 4) is 5.75 Å². The molecule has 1 saturated heterocycles. The van der Waals surface area contributed by atoms with Crippen LogP contribution in [0.2, 0.25) is 5.02 Å². The Morgan fingerprint density at radius 3 is 2.30 bits per heavy atom. The average molecular weight is 511 g/mol. The Hall–Kier alpha value is -1.37. The molecule has 33 heavy (non-hydrogen) atoms. The minimum absolute atomic E-state index is 0.187. The van der Waals surface area contributed by atoms with Gasteiger partial charge in [0.1, 0.15) is 10.5 Å². The number of ether oxygens (including phenoxy) is 1. The first-order chi connectivity index (χ1) is 15.5. The van der Waals surface area contributed by atoms with Crippen molar-refractivity contribution in [3.05, 3.63) is 58.1 Å². The molecule has 1 spiro atoms. The number of hydrogen-bond acceptors (Lipinski definition) is 6. The summed E-state index contributed by atoms with van der Waals surface area (Å²) >= 11 is 6.08. The average Bonchev–Trinajstić information content (AvgIpc) is 2.78. The van der Waals surface area contributed by atoms with Crippen LogP contribution in [0.1, 0.15) is 36.0 Å². The van der Waals surface area contributed by atoms with Gasteiger partial charge in [-0.25, -0.2) is 8.42 Å². The van der Waals surface area contributed by atoms with Gasteiger partial charge >= 0.3 is 7.60 Å². The number of halogens is 1. The molecule has 0 aromatic heterocycles. The Morgan fingerprint density at radius 1 is 1.00 bits per heavy atom. The van der Waals surface area contributed by atoms with Crippen molar-refractivity contribution in [2.24, 2.45) is 11.3 Å². The second-order valence-electron chi connectivity index (χ2n) is 9.65. The Bertz CT molecular complexity index is 1250. The molecule has 1 saturated carbocycles. The first-order valence-electron chi connectivity index (χ1n) is 11.1. The number of benzene rings is 2. The SMILES string of the molecule is Cc1ccc(C)c2c1OC[C@H]1C3(CCC[C@@]21S(=O)(=O)c1ccc(Cl)cc1)COP(C)(=O)OC3. The number of sulfone groups is 1. The summed E-state index contributed by atoms with van der Waals surface area (Å²) in [4.78, 5) is 0.238. The topological polar surface area (TPSA) is 78.9 Å². The van der Waals surface area contributed by atoms with E-state index in [1.165, 1.54) is 6.66 Å². The lowest BCUT2D eigenvalue weighted by atomic mass is 9.59. The van der Waals surface area contributed by atoms with Gasteiger partial charge in [0.05, 0.1) is 24.7 Å². The number of aryl methyl sites for hydroxylation is 2. The summed E-state index contributed by atoms with van der Waals surface area (Å²) in [6.45, 7) is 5.95. The lowest BCUT2D eigenvalue weighted by Crippen LogP contribution is -2.61. The van der Waals surface area contributed by atoms with Crippen LogP contribution in [0.25, 0.3) is 0 Å². The number of fused-ring (bicyclic) bond motifs is 4. The molecule has 0 amide bonds. The molecule has 2 aromatic carbocycles. The second kappa shape index (κ2) is 7.82. The van der Waals surface area contributed by atoms with E-state index in [2.05, 4.69) is 0 Å². The largest absolute Gasteiger partial charge is 0.493 e. The first-order valence-corrected chi connectivity index (χ1v) is 15.0. The van der Waals surface area contributed by atoms with Crippen LogP contribution < -0.4 is 4.74 Å². The van der Waals surface area contributed by atoms with Crippen molar-refractivity contribution < 1.29 is 26.8 Å². The molecule has 9 heteroatoms. The molecule has 3 aliphatic rings. The third kappa shape index (κ3) is 3.42. The standard InChI is InChI=1S/C24H28ClO6PS/c1-16-5-6-17(2)22-21(16)24(33(27,28)19-9-7-18(25)8-10-19)12-4-11-23(20(24)13-29-22)14-30-32(3,26)31-15-23/h5-10,20H,4,11-15H2,1-3H3/t20-,23?,24-,32?/m0/s1. The lowest BCUT2D eigenvalue weighted by molar-refractivity contribution is -0.0833. The van der Waals surface area contributed by atoms with E-state index in [-0.39, 0.29) is 24.7 Å². The van der Waals surface area contributed by atoms with Crippen molar-refractivity contribution >= 4 is 29.0 Å². The van der Waals surface area contributed by atoms with Crippen LogP contribution >= 0.6 is 19.2 Å². The highest BCUT2D eigenvalue weighted by Crippen LogP contribution is 2.65. The van der Waals surface area contributed by atoms with Gasteiger partial charge in [-0.05, 0) is 62.1 Å². The fraction of sp³-hybridized carbons (Fsp3) is 0.500. The van der Waals surface area contributed by atoms with Crippen LogP contribution in [0.15, 0.2) is 41.3 Å². The van der Waals surface area contributed by atoms with Crippen LogP contribution in [-0.4, -0.2) is 34.9 Å². The molecule has 1 aliphatic carbocycles. The van der Waals surface area contributed by atoms with Gasteiger partial charge in [-0.2, -0.15) is 0 Å². The summed E-state index contributed by atoms with van der Waals surface area (Å²) in [5.74, 6) is 0.229. The maximum atomic E-state index is 14.6. The fourth-order valence-electron chi connectivity index (χ4n) is 6.02. The summed E-state index contributed by atoms with van der Waals surface area (Å²) in [5, 5.41) is 0.482. The van der Waals surface area contributed by atoms with Crippen LogP contribution in [0.4, 0.5) is 0 Å². The Kier molecular flexibility index (Phi) is 5.54. The van der Waals surface area contributed by atoms with Crippen LogP contribution in [-0.2, 0) is 28.2 Å². The molecule has 0 N–H and O–H groups in total. The lowest BCUT2D eigenvalue weighted by Gasteiger charge is -2.57. The maximum absolute atomic E-state index is 14.6. The summed E-state index contributed by atoms with van der Waals surface area (Å²) in [6, 6.07) is 10.3. The molecular formula is C24H28ClO6PS. The van der Waals surface area contributed by atoms with E-state index in [0.29, 0.717) is 23.6 Å². The van der Waals surface area contributed by atoms with Gasteiger partial charge < -0.3 is 13.8 Å². The van der Waals surface area contributed by atoms with Gasteiger partial charge in [0.15, 0.2) is 9.84 Å². The molecule has 0 radical (unpaired) electrons. The van der Waals surface area contributed by atoms with Crippen LogP contribution in [0.3, 0.4) is 0 Å². The van der Waals surface area contributed by atoms with Crippen molar-refractivity contribution in [1.29, 1.82) is 0 Å². The molecule has 2 aromatic rings. The fourth-order valence-corrected chi connectivity index (χ4v) is 9.74. The van der Waals surface area contributed by atoms with Gasteiger partial charge in [0.2, 0.25) is 0 Å². The van der Waals surface area contributed by atoms with Gasteiger partial charge in [-0.15, -0.1) is 0 Å². The minimum atomic E-state index is -3.88. The third-order valence-corrected chi connectivity index (χ3v) is 11.7. The monoisotopic (exact) mass is 510 g/mol. The molecule has 2 aliphatic heterocycles. The van der Waals surface area contributed by atoms with E-state index in [1.54, 1.807) is 24.3 Å². The molecule has 6 nitrogen and oxygen atoms in total. The predicted molar refractivity (Wildman–Crippen MR) is 127 cm³/mol. The maximum Gasteiger partial charge on any atom is 0.327 e. The summed E-state index contributed by atoms with van der Waals surface area (Å²) in [7, 11) is -7.02. The van der Waals surface area contributed by atoms with Gasteiger partial charge in [0.25, 0.3) is 0 Å². The predicted octanol–water partition coefficient (Wildman–Crippen LogP) is 5.67. The molecule has 178 valence electrons. The molecule has 0 unspecified atom stereocenters. The zero-order valence-electron chi connectivity index (χ0n) is 19.0. The smallest absolute Gasteiger partial charge is 0.327 e. The van der Waals surface area contributed by atoms with E-state index in [9.17, 15) is 13.0 Å². The zero-order valence-corrected chi connectivity index (χ0v) is 21.4. The summed E-state index contributed by atoms with van der Waals surface area (Å²) in [5.41, 5.74) is 1.91. The summed E-state index contributed by atoms with van der Waals surface area (Å²) < 4.78 is 58.1. The van der Waals surface area contributed by atoms with Crippen LogP contribution in [0, 0.1) is 25.2 Å². The molecule has 2 fully saturated rings. The normalized spacial score (nSPS) is 33.8. The molecule has 5 rings (SSSR count). The van der Waals surface area contributed by atoms with E-state index in [4.69, 9.17) is 25.4 Å². The zero-order chi connectivity index (χ0) is 23.6. The number of hydrogen-bond donors (Lipinski definition) is 0. The highest BCUT2D eigenvalue weighted by molar-refractivity contribution is 7.92. The Balaban J connectivity index is 1.78. The molecular weight excluding hydrogens is 483 g/mol. The van der Waals surface area contributed by atoms with E-state index in [0.717, 1.165) is 23.1 Å². The Morgan fingerprint density at radius 2 is 1.64 bits per heavy atom. The second-order valence-corrected chi connectivity index (χ2v) is 14.4. The van der Waals surface area contributed by atoms with E-state index in [1.807, 2.05) is 26.0 Å². The minimum Gasteiger partial charge on any atom is -0.493 e. The molecule has 2 atom stereocenters. The van der Waals surface area contributed by atoms with E-state index < -0.39 is 33.5 Å². The highest BCUT2D eigenvalue weighted by atomic mass is 35.5. The van der Waals surface area contributed by atoms with Gasteiger partial charge in [0, 0.05) is 28.6 Å². The summed E-state index contributed by atoms with van der Waals surface area (Å²) in [6.07, 6.45) is 1.87. The van der Waals surface area contributed by atoms with Crippen molar-refractivity contribution in [2.75, 3.05) is 26.5 Å². The van der Waals surface area contributed by atoms with Gasteiger partial charge in [-0.1, -0.05) is 30.2 Å². The number of rotatable bonds is 2. The first kappa shape index (κ1) is 23.4. The van der Waals surface area contributed by atoms with E-state index >= 15 is 0 Å². The Labute approximate surface area is 200 Å². The molecule has 0 bridgehead atoms. The highest BCUT2D eigenvalue weighted by Gasteiger charge is 2.65. The van der Waals surface area contributed by atoms with Gasteiger partial charge in [-0.3, -0.25) is 4.57 Å². The molecule has 2 heterocycles. The van der Waals surface area contributed by atoms with Crippen LogP contribution in [0.5, 0.6) is 5.75 Å². The third-order valence-electron chi connectivity index (χ3n) is 7.68. The quantitative estimate of drug-likeness (QED) is 0.484. The van der Waals surface area contributed by atoms with Crippen molar-refractivity contribution in [3.63, 3.8) is 0 Å². The van der Waals surface area contributed by atoms with Crippen molar-refractivity contribution in [2.45, 2.75) is 42.8 Å².